The number of dihydropyridines is 1. The van der Waals surface area contributed by atoms with Crippen molar-refractivity contribution in [2.24, 2.45) is 0 Å². The number of carbonyl (C=O) groups is 1. The van der Waals surface area contributed by atoms with Crippen LogP contribution in [-0.4, -0.2) is 15.6 Å². The average molecular weight is 494 g/mol. The van der Waals surface area contributed by atoms with Crippen LogP contribution in [0.4, 0.5) is 13.2 Å². The quantitative estimate of drug-likeness (QED) is 0.611. The van der Waals surface area contributed by atoms with Gasteiger partial charge in [-0.3, -0.25) is 9.59 Å². The number of ether oxygens (including phenoxy) is 1. The fourth-order valence-corrected chi connectivity index (χ4v) is 5.44. The maximum atomic E-state index is 14.4. The summed E-state index contributed by atoms with van der Waals surface area (Å²) in [6.07, 6.45) is 0.675. The van der Waals surface area contributed by atoms with Crippen LogP contribution in [0.2, 0.25) is 0 Å². The molecule has 184 valence electrons. The van der Waals surface area contributed by atoms with Gasteiger partial charge in [-0.15, -0.1) is 0 Å². The van der Waals surface area contributed by atoms with Crippen molar-refractivity contribution in [1.82, 2.24) is 9.88 Å². The number of carbonyl (C=O) groups excluding carboxylic acids is 1. The van der Waals surface area contributed by atoms with Crippen LogP contribution in [0.5, 0.6) is 0 Å². The molecule has 0 spiro atoms. The number of aromatic nitrogens is 1. The third kappa shape index (κ3) is 3.22. The van der Waals surface area contributed by atoms with Crippen molar-refractivity contribution in [2.75, 3.05) is 0 Å². The van der Waals surface area contributed by atoms with Crippen LogP contribution in [0.1, 0.15) is 48.6 Å². The van der Waals surface area contributed by atoms with E-state index in [9.17, 15) is 27.9 Å². The van der Waals surface area contributed by atoms with Crippen LogP contribution in [-0.2, 0) is 28.3 Å². The lowest BCUT2D eigenvalue weighted by atomic mass is 9.83. The van der Waals surface area contributed by atoms with Crippen LogP contribution < -0.4 is 10.9 Å². The fraction of sp³-hybridized carbons (Fsp3) is 0.259. The lowest BCUT2D eigenvalue weighted by Crippen LogP contribution is -2.33. The van der Waals surface area contributed by atoms with Crippen LogP contribution in [0.3, 0.4) is 0 Å². The lowest BCUT2D eigenvalue weighted by molar-refractivity contribution is -0.149. The zero-order chi connectivity index (χ0) is 25.4. The molecule has 0 radical (unpaired) electrons. The molecule has 0 unspecified atom stereocenters. The van der Waals surface area contributed by atoms with Crippen molar-refractivity contribution in [2.45, 2.75) is 44.9 Å². The predicted octanol–water partition coefficient (Wildman–Crippen LogP) is 4.25. The van der Waals surface area contributed by atoms with Gasteiger partial charge in [-0.2, -0.15) is 0 Å². The molecule has 3 aliphatic heterocycles. The Morgan fingerprint density at radius 2 is 1.89 bits per heavy atom. The first-order valence-corrected chi connectivity index (χ1v) is 11.6. The van der Waals surface area contributed by atoms with Gasteiger partial charge in [-0.05, 0) is 46.9 Å². The first-order valence-electron chi connectivity index (χ1n) is 11.6. The minimum atomic E-state index is -1.58. The zero-order valence-corrected chi connectivity index (χ0v) is 19.3. The maximum absolute atomic E-state index is 14.4. The SMILES string of the molecule is CC[C@@]1(O)CC(=O)OCc2c1cc1n(c2=O)CC2=C1NC1=CC(F)=C(F)CC1=C2c1ccc(F)cc1. The molecule has 1 aliphatic carbocycles. The summed E-state index contributed by atoms with van der Waals surface area (Å²) in [4.78, 5) is 25.7. The number of allylic oxidation sites excluding steroid dienone is 6. The summed E-state index contributed by atoms with van der Waals surface area (Å²) in [5, 5.41) is 14.5. The minimum absolute atomic E-state index is 0.111. The van der Waals surface area contributed by atoms with Gasteiger partial charge in [0.15, 0.2) is 5.83 Å². The van der Waals surface area contributed by atoms with E-state index < -0.39 is 34.6 Å². The normalized spacial score (nSPS) is 22.8. The minimum Gasteiger partial charge on any atom is -0.460 e. The number of nitrogens with zero attached hydrogens (tertiary/aromatic N) is 1. The van der Waals surface area contributed by atoms with Gasteiger partial charge in [0, 0.05) is 23.8 Å². The van der Waals surface area contributed by atoms with Crippen molar-refractivity contribution >= 4 is 17.2 Å². The van der Waals surface area contributed by atoms with Crippen molar-refractivity contribution < 1.29 is 27.8 Å². The third-order valence-electron chi connectivity index (χ3n) is 7.36. The second-order valence-electron chi connectivity index (χ2n) is 9.36. The number of rotatable bonds is 2. The molecule has 36 heavy (non-hydrogen) atoms. The zero-order valence-electron chi connectivity index (χ0n) is 19.3. The number of aliphatic hydroxyl groups is 1. The molecule has 0 amide bonds. The van der Waals surface area contributed by atoms with Gasteiger partial charge in [0.05, 0.1) is 29.9 Å². The number of hydrogen-bond acceptors (Lipinski definition) is 5. The molecule has 0 bridgehead atoms. The Morgan fingerprint density at radius 3 is 2.61 bits per heavy atom. The molecule has 6 nitrogen and oxygen atoms in total. The van der Waals surface area contributed by atoms with E-state index in [-0.39, 0.29) is 38.0 Å². The molecule has 0 fully saturated rings. The summed E-state index contributed by atoms with van der Waals surface area (Å²) < 4.78 is 49.0. The van der Waals surface area contributed by atoms with Crippen LogP contribution in [0.25, 0.3) is 11.3 Å². The van der Waals surface area contributed by atoms with E-state index in [1.165, 1.54) is 16.7 Å². The first-order chi connectivity index (χ1) is 17.2. The molecule has 9 heteroatoms. The molecule has 1 aromatic carbocycles. The van der Waals surface area contributed by atoms with Gasteiger partial charge in [-0.1, -0.05) is 19.1 Å². The standard InChI is InChI=1S/C27H21F3N2O4/c1-2-27(35)10-23(33)36-12-17-18(27)8-22-25-16(11-32(22)26(17)34)24(13-3-5-14(28)6-4-13)15-7-19(29)20(30)9-21(15)31-25/h3-6,8-9,31,35H,2,7,10-12H2,1H3/t27-/m1/s1. The van der Waals surface area contributed by atoms with Gasteiger partial charge in [0.1, 0.15) is 23.9 Å². The lowest BCUT2D eigenvalue weighted by Gasteiger charge is -2.29. The third-order valence-corrected chi connectivity index (χ3v) is 7.36. The predicted molar refractivity (Wildman–Crippen MR) is 125 cm³/mol. The van der Waals surface area contributed by atoms with E-state index in [1.54, 1.807) is 25.1 Å². The number of halogens is 3. The topological polar surface area (TPSA) is 80.6 Å². The molecule has 1 atom stereocenters. The molecular weight excluding hydrogens is 473 g/mol. The molecule has 4 heterocycles. The number of nitrogens with one attached hydrogen (secondary N) is 1. The first kappa shape index (κ1) is 22.6. The molecular formula is C27H21F3N2O4. The van der Waals surface area contributed by atoms with E-state index >= 15 is 0 Å². The number of cyclic esters (lactones) is 1. The van der Waals surface area contributed by atoms with Crippen molar-refractivity contribution in [3.63, 3.8) is 0 Å². The van der Waals surface area contributed by atoms with E-state index in [2.05, 4.69) is 5.32 Å². The molecule has 2 N–H and O–H groups in total. The van der Waals surface area contributed by atoms with Gasteiger partial charge >= 0.3 is 5.97 Å². The summed E-state index contributed by atoms with van der Waals surface area (Å²) in [5.74, 6) is -2.93. The van der Waals surface area contributed by atoms with Crippen molar-refractivity contribution in [1.29, 1.82) is 0 Å². The number of benzene rings is 1. The van der Waals surface area contributed by atoms with Gasteiger partial charge < -0.3 is 19.7 Å². The van der Waals surface area contributed by atoms with Crippen molar-refractivity contribution in [3.8, 4) is 0 Å². The Labute approximate surface area is 203 Å². The summed E-state index contributed by atoms with van der Waals surface area (Å²) >= 11 is 0. The Balaban J connectivity index is 1.59. The summed E-state index contributed by atoms with van der Waals surface area (Å²) in [5.41, 5.74) is 2.16. The van der Waals surface area contributed by atoms with Crippen LogP contribution in [0, 0.1) is 5.82 Å². The smallest absolute Gasteiger partial charge is 0.309 e. The summed E-state index contributed by atoms with van der Waals surface area (Å²) in [7, 11) is 0. The van der Waals surface area contributed by atoms with E-state index in [4.69, 9.17) is 4.74 Å². The molecule has 0 saturated heterocycles. The van der Waals surface area contributed by atoms with Crippen LogP contribution in [0.15, 0.2) is 69.7 Å². The molecule has 2 aromatic rings. The highest BCUT2D eigenvalue weighted by Crippen LogP contribution is 2.47. The Hall–Kier alpha value is -3.85. The highest BCUT2D eigenvalue weighted by atomic mass is 19.2. The highest BCUT2D eigenvalue weighted by Gasteiger charge is 2.41. The van der Waals surface area contributed by atoms with Gasteiger partial charge in [0.2, 0.25) is 0 Å². The Morgan fingerprint density at radius 1 is 1.14 bits per heavy atom. The monoisotopic (exact) mass is 494 g/mol. The number of fused-ring (bicyclic) bond motifs is 4. The fourth-order valence-electron chi connectivity index (χ4n) is 5.44. The second-order valence-corrected chi connectivity index (χ2v) is 9.36. The number of pyridine rings is 1. The van der Waals surface area contributed by atoms with Crippen LogP contribution >= 0.6 is 0 Å². The molecule has 6 rings (SSSR count). The molecule has 4 aliphatic rings. The highest BCUT2D eigenvalue weighted by molar-refractivity contribution is 5.96. The van der Waals surface area contributed by atoms with Crippen molar-refractivity contribution in [3.05, 3.63) is 103 Å². The van der Waals surface area contributed by atoms with Gasteiger partial charge in [-0.25, -0.2) is 13.2 Å². The van der Waals surface area contributed by atoms with Gasteiger partial charge in [0.25, 0.3) is 5.56 Å². The molecule has 0 saturated carbocycles. The summed E-state index contributed by atoms with van der Waals surface area (Å²) in [6, 6.07) is 7.37. The number of esters is 1. The van der Waals surface area contributed by atoms with E-state index in [1.807, 2.05) is 0 Å². The Bertz CT molecular complexity index is 1550. The largest absolute Gasteiger partial charge is 0.460 e. The number of hydrogen-bond donors (Lipinski definition) is 2. The maximum Gasteiger partial charge on any atom is 0.309 e. The average Bonchev–Trinajstić information content (AvgIpc) is 3.15. The Kier molecular flexibility index (Phi) is 4.91. The second kappa shape index (κ2) is 7.83. The van der Waals surface area contributed by atoms with E-state index in [0.29, 0.717) is 44.9 Å². The summed E-state index contributed by atoms with van der Waals surface area (Å²) in [6.45, 7) is 1.57. The van der Waals surface area contributed by atoms with E-state index in [0.717, 1.165) is 6.08 Å². The molecule has 1 aromatic heterocycles.